The SMILES string of the molecule is CN=C(NCCOc1cccc2ccccc12)NCCSC. The average molecular weight is 317 g/mol. The third-order valence-corrected chi connectivity index (χ3v) is 3.84. The Bertz CT molecular complexity index is 610. The molecule has 0 saturated heterocycles. The van der Waals surface area contributed by atoms with Crippen molar-refractivity contribution in [2.75, 3.05) is 38.8 Å². The number of ether oxygens (including phenoxy) is 1. The van der Waals surface area contributed by atoms with Gasteiger partial charge < -0.3 is 15.4 Å². The van der Waals surface area contributed by atoms with Gasteiger partial charge in [-0.3, -0.25) is 4.99 Å². The molecule has 2 aromatic rings. The number of rotatable bonds is 7. The number of guanidine groups is 1. The summed E-state index contributed by atoms with van der Waals surface area (Å²) in [6.07, 6.45) is 2.09. The molecule has 118 valence electrons. The van der Waals surface area contributed by atoms with E-state index in [1.165, 1.54) is 5.39 Å². The minimum absolute atomic E-state index is 0.594. The van der Waals surface area contributed by atoms with Crippen molar-refractivity contribution in [2.45, 2.75) is 0 Å². The highest BCUT2D eigenvalue weighted by molar-refractivity contribution is 7.98. The molecule has 4 nitrogen and oxygen atoms in total. The van der Waals surface area contributed by atoms with Crippen LogP contribution in [0.4, 0.5) is 0 Å². The second-order valence-electron chi connectivity index (χ2n) is 4.74. The standard InChI is InChI=1S/C17H23N3OS/c1-18-17(20-11-13-22-2)19-10-12-21-16-9-5-7-14-6-3-4-8-15(14)16/h3-9H,10-13H2,1-2H3,(H2,18,19,20). The van der Waals surface area contributed by atoms with Crippen LogP contribution in [0.5, 0.6) is 5.75 Å². The minimum atomic E-state index is 0.594. The highest BCUT2D eigenvalue weighted by Crippen LogP contribution is 2.24. The van der Waals surface area contributed by atoms with E-state index >= 15 is 0 Å². The van der Waals surface area contributed by atoms with Crippen LogP contribution in [0, 0.1) is 0 Å². The molecule has 0 aliphatic heterocycles. The van der Waals surface area contributed by atoms with Crippen LogP contribution >= 0.6 is 11.8 Å². The molecule has 0 unspecified atom stereocenters. The van der Waals surface area contributed by atoms with E-state index in [1.807, 2.05) is 36.0 Å². The Morgan fingerprint density at radius 3 is 2.68 bits per heavy atom. The van der Waals surface area contributed by atoms with Crippen LogP contribution in [0.1, 0.15) is 0 Å². The molecule has 0 aliphatic rings. The van der Waals surface area contributed by atoms with Crippen LogP contribution in [0.2, 0.25) is 0 Å². The lowest BCUT2D eigenvalue weighted by Crippen LogP contribution is -2.40. The molecule has 0 aliphatic carbocycles. The Kier molecular flexibility index (Phi) is 6.90. The number of aliphatic imine (C=N–C) groups is 1. The van der Waals surface area contributed by atoms with Gasteiger partial charge in [-0.25, -0.2) is 0 Å². The van der Waals surface area contributed by atoms with Gasteiger partial charge in [-0.05, 0) is 17.7 Å². The number of hydrogen-bond acceptors (Lipinski definition) is 3. The number of hydrogen-bond donors (Lipinski definition) is 2. The number of thioether (sulfide) groups is 1. The molecule has 2 N–H and O–H groups in total. The molecular formula is C17H23N3OS. The van der Waals surface area contributed by atoms with Crippen molar-refractivity contribution >= 4 is 28.5 Å². The van der Waals surface area contributed by atoms with Gasteiger partial charge >= 0.3 is 0 Å². The van der Waals surface area contributed by atoms with Crippen molar-refractivity contribution in [2.24, 2.45) is 4.99 Å². The summed E-state index contributed by atoms with van der Waals surface area (Å²) in [6, 6.07) is 14.4. The first-order valence-corrected chi connectivity index (χ1v) is 8.78. The van der Waals surface area contributed by atoms with Crippen LogP contribution in [-0.2, 0) is 0 Å². The maximum absolute atomic E-state index is 5.89. The van der Waals surface area contributed by atoms with Gasteiger partial charge in [0, 0.05) is 24.7 Å². The normalized spacial score (nSPS) is 11.5. The first-order valence-electron chi connectivity index (χ1n) is 7.39. The largest absolute Gasteiger partial charge is 0.491 e. The van der Waals surface area contributed by atoms with E-state index in [2.05, 4.69) is 40.1 Å². The average Bonchev–Trinajstić information content (AvgIpc) is 2.57. The van der Waals surface area contributed by atoms with E-state index < -0.39 is 0 Å². The van der Waals surface area contributed by atoms with Crippen LogP contribution in [0.15, 0.2) is 47.5 Å². The topological polar surface area (TPSA) is 45.7 Å². The number of fused-ring (bicyclic) bond motifs is 1. The Labute approximate surface area is 136 Å². The number of nitrogens with zero attached hydrogens (tertiary/aromatic N) is 1. The van der Waals surface area contributed by atoms with Gasteiger partial charge in [0.1, 0.15) is 12.4 Å². The Morgan fingerprint density at radius 1 is 1.09 bits per heavy atom. The lowest BCUT2D eigenvalue weighted by molar-refractivity contribution is 0.325. The van der Waals surface area contributed by atoms with Crippen LogP contribution in [-0.4, -0.2) is 44.7 Å². The summed E-state index contributed by atoms with van der Waals surface area (Å²) in [6.45, 7) is 2.21. The third-order valence-electron chi connectivity index (χ3n) is 3.22. The monoisotopic (exact) mass is 317 g/mol. The van der Waals surface area contributed by atoms with Crippen LogP contribution in [0.25, 0.3) is 10.8 Å². The maximum Gasteiger partial charge on any atom is 0.191 e. The summed E-state index contributed by atoms with van der Waals surface area (Å²) in [5.41, 5.74) is 0. The van der Waals surface area contributed by atoms with Crippen molar-refractivity contribution in [3.05, 3.63) is 42.5 Å². The van der Waals surface area contributed by atoms with Crippen molar-refractivity contribution in [3.8, 4) is 5.75 Å². The summed E-state index contributed by atoms with van der Waals surface area (Å²) in [4.78, 5) is 4.18. The summed E-state index contributed by atoms with van der Waals surface area (Å²) >= 11 is 1.81. The molecule has 0 heterocycles. The summed E-state index contributed by atoms with van der Waals surface area (Å²) in [7, 11) is 1.78. The molecule has 0 bridgehead atoms. The minimum Gasteiger partial charge on any atom is -0.491 e. The molecule has 0 spiro atoms. The Balaban J connectivity index is 1.80. The highest BCUT2D eigenvalue weighted by atomic mass is 32.2. The molecule has 0 radical (unpaired) electrons. The van der Waals surface area contributed by atoms with E-state index in [4.69, 9.17) is 4.74 Å². The van der Waals surface area contributed by atoms with Gasteiger partial charge in [0.25, 0.3) is 0 Å². The Hall–Kier alpha value is -1.88. The zero-order valence-electron chi connectivity index (χ0n) is 13.1. The Morgan fingerprint density at radius 2 is 1.86 bits per heavy atom. The van der Waals surface area contributed by atoms with E-state index in [0.29, 0.717) is 13.2 Å². The summed E-state index contributed by atoms with van der Waals surface area (Å²) in [5.74, 6) is 2.80. The van der Waals surface area contributed by atoms with Crippen LogP contribution < -0.4 is 15.4 Å². The molecule has 0 atom stereocenters. The van der Waals surface area contributed by atoms with Crippen molar-refractivity contribution in [3.63, 3.8) is 0 Å². The van der Waals surface area contributed by atoms with Crippen molar-refractivity contribution in [1.82, 2.24) is 10.6 Å². The lowest BCUT2D eigenvalue weighted by atomic mass is 10.1. The molecule has 22 heavy (non-hydrogen) atoms. The molecule has 2 rings (SSSR count). The summed E-state index contributed by atoms with van der Waals surface area (Å²) in [5, 5.41) is 8.85. The molecule has 0 fully saturated rings. The van der Waals surface area contributed by atoms with E-state index in [1.54, 1.807) is 7.05 Å². The van der Waals surface area contributed by atoms with E-state index in [9.17, 15) is 0 Å². The van der Waals surface area contributed by atoms with Crippen LogP contribution in [0.3, 0.4) is 0 Å². The zero-order chi connectivity index (χ0) is 15.6. The fourth-order valence-electron chi connectivity index (χ4n) is 2.14. The lowest BCUT2D eigenvalue weighted by Gasteiger charge is -2.13. The molecular weight excluding hydrogens is 294 g/mol. The molecule has 2 aromatic carbocycles. The first kappa shape index (κ1) is 16.5. The predicted molar refractivity (Wildman–Crippen MR) is 97.2 cm³/mol. The maximum atomic E-state index is 5.89. The second kappa shape index (κ2) is 9.20. The quantitative estimate of drug-likeness (QED) is 0.468. The van der Waals surface area contributed by atoms with Gasteiger partial charge in [-0.1, -0.05) is 36.4 Å². The molecule has 0 amide bonds. The van der Waals surface area contributed by atoms with Crippen molar-refractivity contribution in [1.29, 1.82) is 0 Å². The molecule has 5 heteroatoms. The fourth-order valence-corrected chi connectivity index (χ4v) is 2.45. The van der Waals surface area contributed by atoms with Gasteiger partial charge in [0.2, 0.25) is 0 Å². The molecule has 0 saturated carbocycles. The van der Waals surface area contributed by atoms with Gasteiger partial charge in [-0.2, -0.15) is 11.8 Å². The van der Waals surface area contributed by atoms with E-state index in [-0.39, 0.29) is 0 Å². The smallest absolute Gasteiger partial charge is 0.191 e. The van der Waals surface area contributed by atoms with Gasteiger partial charge in [-0.15, -0.1) is 0 Å². The van der Waals surface area contributed by atoms with Gasteiger partial charge in [0.05, 0.1) is 6.54 Å². The molecule has 0 aromatic heterocycles. The zero-order valence-corrected chi connectivity index (χ0v) is 14.0. The first-order chi connectivity index (χ1) is 10.8. The second-order valence-corrected chi connectivity index (χ2v) is 5.73. The highest BCUT2D eigenvalue weighted by Gasteiger charge is 2.01. The third kappa shape index (κ3) is 4.84. The van der Waals surface area contributed by atoms with Gasteiger partial charge in [0.15, 0.2) is 5.96 Å². The fraction of sp³-hybridized carbons (Fsp3) is 0.353. The van der Waals surface area contributed by atoms with Crippen molar-refractivity contribution < 1.29 is 4.74 Å². The number of benzene rings is 2. The predicted octanol–water partition coefficient (Wildman–Crippen LogP) is 2.75. The summed E-state index contributed by atoms with van der Waals surface area (Å²) < 4.78 is 5.89. The number of nitrogens with one attached hydrogen (secondary N) is 2. The van der Waals surface area contributed by atoms with E-state index in [0.717, 1.165) is 29.4 Å².